The molecule has 0 aromatic rings. The molecule has 12 heavy (non-hydrogen) atoms. The fourth-order valence-electron chi connectivity index (χ4n) is 1.92. The van der Waals surface area contributed by atoms with Gasteiger partial charge in [-0.1, -0.05) is 20.3 Å². The van der Waals surface area contributed by atoms with Crippen molar-refractivity contribution in [2.24, 2.45) is 11.8 Å². The minimum atomic E-state index is 0.287. The van der Waals surface area contributed by atoms with E-state index in [1.165, 1.54) is 0 Å². The summed E-state index contributed by atoms with van der Waals surface area (Å²) in [6.45, 7) is 5.55. The maximum atomic E-state index is 9.13. The molecule has 1 aliphatic rings. The van der Waals surface area contributed by atoms with Gasteiger partial charge in [-0.15, -0.1) is 0 Å². The Morgan fingerprint density at radius 3 is 2.92 bits per heavy atom. The van der Waals surface area contributed by atoms with Gasteiger partial charge in [0.05, 0.1) is 6.10 Å². The monoisotopic (exact) mass is 172 g/mol. The second kappa shape index (κ2) is 4.83. The third kappa shape index (κ3) is 2.20. The van der Waals surface area contributed by atoms with Gasteiger partial charge in [0.25, 0.3) is 0 Å². The van der Waals surface area contributed by atoms with Gasteiger partial charge in [0.1, 0.15) is 0 Å². The smallest absolute Gasteiger partial charge is 0.0650 e. The summed E-state index contributed by atoms with van der Waals surface area (Å²) in [5.74, 6) is 0.969. The molecular formula is C10H20O2. The molecule has 0 aromatic carbocycles. The highest BCUT2D eigenvalue weighted by atomic mass is 16.5. The van der Waals surface area contributed by atoms with Crippen LogP contribution in [0.5, 0.6) is 0 Å². The van der Waals surface area contributed by atoms with Gasteiger partial charge < -0.3 is 9.84 Å². The molecule has 0 aromatic heterocycles. The predicted molar refractivity (Wildman–Crippen MR) is 49.0 cm³/mol. The zero-order valence-corrected chi connectivity index (χ0v) is 8.12. The van der Waals surface area contributed by atoms with Crippen LogP contribution in [0.1, 0.15) is 33.1 Å². The summed E-state index contributed by atoms with van der Waals surface area (Å²) in [6.07, 6.45) is 3.68. The molecule has 3 atom stereocenters. The normalized spacial score (nSPS) is 33.2. The van der Waals surface area contributed by atoms with Crippen molar-refractivity contribution in [3.8, 4) is 0 Å². The van der Waals surface area contributed by atoms with E-state index in [1.54, 1.807) is 0 Å². The Labute approximate surface area is 74.9 Å². The van der Waals surface area contributed by atoms with E-state index in [2.05, 4.69) is 13.8 Å². The molecule has 2 nitrogen and oxygen atoms in total. The van der Waals surface area contributed by atoms with Crippen LogP contribution in [-0.2, 0) is 4.74 Å². The molecular weight excluding hydrogens is 152 g/mol. The van der Waals surface area contributed by atoms with Gasteiger partial charge in [-0.25, -0.2) is 0 Å². The van der Waals surface area contributed by atoms with Gasteiger partial charge in [-0.3, -0.25) is 0 Å². The van der Waals surface area contributed by atoms with Crippen LogP contribution in [0.3, 0.4) is 0 Å². The second-order valence-electron chi connectivity index (χ2n) is 3.81. The lowest BCUT2D eigenvalue weighted by Gasteiger charge is -2.34. The topological polar surface area (TPSA) is 29.5 Å². The zero-order chi connectivity index (χ0) is 8.97. The van der Waals surface area contributed by atoms with E-state index in [4.69, 9.17) is 9.84 Å². The molecule has 1 fully saturated rings. The van der Waals surface area contributed by atoms with E-state index in [0.717, 1.165) is 25.9 Å². The molecule has 0 bridgehead atoms. The van der Waals surface area contributed by atoms with E-state index in [-0.39, 0.29) is 6.61 Å². The number of hydrogen-bond acceptors (Lipinski definition) is 2. The first-order chi connectivity index (χ1) is 5.79. The molecule has 3 unspecified atom stereocenters. The Kier molecular flexibility index (Phi) is 4.02. The molecule has 0 amide bonds. The van der Waals surface area contributed by atoms with Crippen LogP contribution in [0.4, 0.5) is 0 Å². The lowest BCUT2D eigenvalue weighted by molar-refractivity contribution is -0.0715. The number of ether oxygens (including phenoxy) is 1. The molecule has 0 spiro atoms. The first kappa shape index (κ1) is 10.0. The Morgan fingerprint density at radius 2 is 2.33 bits per heavy atom. The highest BCUT2D eigenvalue weighted by Crippen LogP contribution is 2.27. The largest absolute Gasteiger partial charge is 0.396 e. The van der Waals surface area contributed by atoms with E-state index < -0.39 is 0 Å². The molecule has 0 saturated carbocycles. The number of hydrogen-bond donors (Lipinski definition) is 1. The molecule has 72 valence electrons. The lowest BCUT2D eigenvalue weighted by atomic mass is 9.86. The summed E-state index contributed by atoms with van der Waals surface area (Å²) in [7, 11) is 0. The van der Waals surface area contributed by atoms with Gasteiger partial charge >= 0.3 is 0 Å². The summed E-state index contributed by atoms with van der Waals surface area (Å²) >= 11 is 0. The minimum Gasteiger partial charge on any atom is -0.396 e. The van der Waals surface area contributed by atoms with Crippen molar-refractivity contribution in [3.63, 3.8) is 0 Å². The van der Waals surface area contributed by atoms with Gasteiger partial charge in [0, 0.05) is 19.1 Å². The average molecular weight is 172 g/mol. The lowest BCUT2D eigenvalue weighted by Crippen LogP contribution is -2.36. The van der Waals surface area contributed by atoms with Crippen LogP contribution < -0.4 is 0 Å². The Hall–Kier alpha value is -0.0800. The third-order valence-corrected chi connectivity index (χ3v) is 2.93. The standard InChI is InChI=1S/C10H20O2/c1-3-8(2)10-9(7-11)5-4-6-12-10/h8-11H,3-7H2,1-2H3. The Balaban J connectivity index is 2.46. The van der Waals surface area contributed by atoms with Crippen molar-refractivity contribution in [2.45, 2.75) is 39.2 Å². The summed E-state index contributed by atoms with van der Waals surface area (Å²) in [5.41, 5.74) is 0. The number of rotatable bonds is 3. The summed E-state index contributed by atoms with van der Waals surface area (Å²) in [4.78, 5) is 0. The fraction of sp³-hybridized carbons (Fsp3) is 1.00. The van der Waals surface area contributed by atoms with Crippen molar-refractivity contribution in [1.29, 1.82) is 0 Å². The highest BCUT2D eigenvalue weighted by Gasteiger charge is 2.28. The van der Waals surface area contributed by atoms with Crippen molar-refractivity contribution in [3.05, 3.63) is 0 Å². The summed E-state index contributed by atoms with van der Waals surface area (Å²) in [6, 6.07) is 0. The van der Waals surface area contributed by atoms with Crippen LogP contribution in [0, 0.1) is 11.8 Å². The van der Waals surface area contributed by atoms with Crippen LogP contribution in [0.2, 0.25) is 0 Å². The molecule has 0 radical (unpaired) electrons. The summed E-state index contributed by atoms with van der Waals surface area (Å²) < 4.78 is 5.67. The zero-order valence-electron chi connectivity index (χ0n) is 8.12. The molecule has 1 N–H and O–H groups in total. The van der Waals surface area contributed by atoms with E-state index in [9.17, 15) is 0 Å². The van der Waals surface area contributed by atoms with Crippen LogP contribution in [-0.4, -0.2) is 24.4 Å². The fourth-order valence-corrected chi connectivity index (χ4v) is 1.92. The molecule has 1 saturated heterocycles. The molecule has 1 heterocycles. The number of aliphatic hydroxyl groups excluding tert-OH is 1. The van der Waals surface area contributed by atoms with Crippen LogP contribution in [0.15, 0.2) is 0 Å². The SMILES string of the molecule is CCC(C)C1OCCCC1CO. The van der Waals surface area contributed by atoms with E-state index in [1.807, 2.05) is 0 Å². The van der Waals surface area contributed by atoms with Gasteiger partial charge in [0.2, 0.25) is 0 Å². The first-order valence-corrected chi connectivity index (χ1v) is 5.02. The average Bonchev–Trinajstić information content (AvgIpc) is 2.16. The maximum absolute atomic E-state index is 9.13. The van der Waals surface area contributed by atoms with Gasteiger partial charge in [-0.2, -0.15) is 0 Å². The summed E-state index contributed by atoms with van der Waals surface area (Å²) in [5, 5.41) is 9.13. The van der Waals surface area contributed by atoms with Gasteiger partial charge in [-0.05, 0) is 18.8 Å². The van der Waals surface area contributed by atoms with Crippen LogP contribution >= 0.6 is 0 Å². The number of aliphatic hydroxyl groups is 1. The highest BCUT2D eigenvalue weighted by molar-refractivity contribution is 4.77. The first-order valence-electron chi connectivity index (χ1n) is 5.02. The van der Waals surface area contributed by atoms with E-state index in [0.29, 0.717) is 17.9 Å². The Morgan fingerprint density at radius 1 is 1.58 bits per heavy atom. The predicted octanol–water partition coefficient (Wildman–Crippen LogP) is 1.82. The quantitative estimate of drug-likeness (QED) is 0.703. The van der Waals surface area contributed by atoms with Crippen molar-refractivity contribution >= 4 is 0 Å². The molecule has 1 rings (SSSR count). The van der Waals surface area contributed by atoms with Crippen molar-refractivity contribution in [1.82, 2.24) is 0 Å². The Bertz CT molecular complexity index is 125. The van der Waals surface area contributed by atoms with Crippen molar-refractivity contribution < 1.29 is 9.84 Å². The third-order valence-electron chi connectivity index (χ3n) is 2.93. The minimum absolute atomic E-state index is 0.287. The van der Waals surface area contributed by atoms with E-state index >= 15 is 0 Å². The molecule has 2 heteroatoms. The van der Waals surface area contributed by atoms with Crippen molar-refractivity contribution in [2.75, 3.05) is 13.2 Å². The molecule has 0 aliphatic carbocycles. The second-order valence-corrected chi connectivity index (χ2v) is 3.81. The maximum Gasteiger partial charge on any atom is 0.0650 e. The van der Waals surface area contributed by atoms with Crippen LogP contribution in [0.25, 0.3) is 0 Å². The molecule has 1 aliphatic heterocycles. The van der Waals surface area contributed by atoms with Gasteiger partial charge in [0.15, 0.2) is 0 Å².